The Balaban J connectivity index is 1.39. The van der Waals surface area contributed by atoms with Gasteiger partial charge in [0.1, 0.15) is 0 Å². The molecule has 0 bridgehead atoms. The third kappa shape index (κ3) is 2.71. The maximum atomic E-state index is 13.3. The Morgan fingerprint density at radius 3 is 2.06 bits per heavy atom. The van der Waals surface area contributed by atoms with Crippen LogP contribution in [0.1, 0.15) is 86.0 Å². The van der Waals surface area contributed by atoms with Crippen molar-refractivity contribution in [1.82, 2.24) is 0 Å². The van der Waals surface area contributed by atoms with Gasteiger partial charge >= 0.3 is 6.18 Å². The Morgan fingerprint density at radius 1 is 0.806 bits per heavy atom. The molecule has 5 saturated carbocycles. The lowest BCUT2D eigenvalue weighted by atomic mass is 9.44. The number of hydrogen-bond acceptors (Lipinski definition) is 2. The first-order chi connectivity index (χ1) is 14.2. The van der Waals surface area contributed by atoms with Gasteiger partial charge in [-0.25, -0.2) is 0 Å². The van der Waals surface area contributed by atoms with E-state index in [9.17, 15) is 23.4 Å². The Labute approximate surface area is 185 Å². The van der Waals surface area contributed by atoms with Gasteiger partial charge in [-0.15, -0.1) is 0 Å². The van der Waals surface area contributed by atoms with E-state index in [1.807, 2.05) is 0 Å². The predicted molar refractivity (Wildman–Crippen MR) is 114 cm³/mol. The highest BCUT2D eigenvalue weighted by atomic mass is 19.4. The van der Waals surface area contributed by atoms with Crippen molar-refractivity contribution < 1.29 is 23.4 Å². The van der Waals surface area contributed by atoms with Crippen LogP contribution < -0.4 is 0 Å². The monoisotopic (exact) mass is 442 g/mol. The van der Waals surface area contributed by atoms with Crippen molar-refractivity contribution in [2.75, 3.05) is 0 Å². The Bertz CT molecular complexity index is 749. The van der Waals surface area contributed by atoms with Gasteiger partial charge in [-0.3, -0.25) is 0 Å². The van der Waals surface area contributed by atoms with Crippen molar-refractivity contribution in [3.63, 3.8) is 0 Å². The molecule has 5 fully saturated rings. The van der Waals surface area contributed by atoms with Gasteiger partial charge in [0.2, 0.25) is 0 Å². The van der Waals surface area contributed by atoms with Crippen molar-refractivity contribution in [2.24, 2.45) is 57.7 Å². The number of aliphatic hydroxyl groups is 2. The van der Waals surface area contributed by atoms with Gasteiger partial charge in [0, 0.05) is 0 Å². The highest BCUT2D eigenvalue weighted by Crippen LogP contribution is 2.78. The summed E-state index contributed by atoms with van der Waals surface area (Å²) in [6.07, 6.45) is 1.47. The molecule has 0 amide bonds. The van der Waals surface area contributed by atoms with E-state index in [2.05, 4.69) is 27.7 Å². The van der Waals surface area contributed by atoms with Gasteiger partial charge in [0.15, 0.2) is 6.10 Å². The van der Waals surface area contributed by atoms with Crippen molar-refractivity contribution in [1.29, 1.82) is 0 Å². The van der Waals surface area contributed by atoms with Gasteiger partial charge in [-0.1, -0.05) is 34.6 Å². The second kappa shape index (κ2) is 6.43. The molecule has 11 atom stereocenters. The van der Waals surface area contributed by atoms with Crippen LogP contribution in [0, 0.1) is 57.7 Å². The van der Waals surface area contributed by atoms with E-state index >= 15 is 0 Å². The smallest absolute Gasteiger partial charge is 0.389 e. The van der Waals surface area contributed by atoms with Gasteiger partial charge in [0.25, 0.3) is 0 Å². The van der Waals surface area contributed by atoms with Crippen LogP contribution in [0.15, 0.2) is 0 Å². The van der Waals surface area contributed by atoms with E-state index in [1.54, 1.807) is 6.92 Å². The minimum Gasteiger partial charge on any atom is -0.389 e. The van der Waals surface area contributed by atoms with Crippen LogP contribution >= 0.6 is 0 Å². The second-order valence-corrected chi connectivity index (χ2v) is 13.3. The zero-order chi connectivity index (χ0) is 22.8. The fourth-order valence-corrected chi connectivity index (χ4v) is 10.5. The SMILES string of the molecule is C[C@@H]([C@H]1CC[C@H]2[C@@H]3CC[C@@H]4C5C(C)(C)[C@@]5(O)CC[C@]4(C)[C@H]3CC[C@]12C)[C@H](O)C(F)(F)F. The normalized spacial score (nSPS) is 54.8. The molecule has 1 unspecified atom stereocenters. The van der Waals surface area contributed by atoms with E-state index in [-0.39, 0.29) is 22.2 Å². The first-order valence-electron chi connectivity index (χ1n) is 12.7. The van der Waals surface area contributed by atoms with E-state index < -0.39 is 23.8 Å². The zero-order valence-electron chi connectivity index (χ0n) is 19.8. The van der Waals surface area contributed by atoms with Gasteiger partial charge < -0.3 is 10.2 Å². The van der Waals surface area contributed by atoms with E-state index in [0.717, 1.165) is 51.4 Å². The van der Waals surface area contributed by atoms with Crippen LogP contribution in [0.4, 0.5) is 13.2 Å². The summed E-state index contributed by atoms with van der Waals surface area (Å²) in [5.74, 6) is 1.89. The van der Waals surface area contributed by atoms with Crippen molar-refractivity contribution in [3.05, 3.63) is 0 Å². The number of aliphatic hydroxyl groups excluding tert-OH is 1. The molecule has 5 rings (SSSR count). The van der Waals surface area contributed by atoms with Crippen molar-refractivity contribution in [2.45, 2.75) is 104 Å². The fourth-order valence-electron chi connectivity index (χ4n) is 10.5. The maximum absolute atomic E-state index is 13.3. The molecule has 0 aliphatic heterocycles. The average Bonchev–Trinajstić information content (AvgIpc) is 2.95. The summed E-state index contributed by atoms with van der Waals surface area (Å²) in [6.45, 7) is 10.8. The Morgan fingerprint density at radius 2 is 1.42 bits per heavy atom. The molecule has 0 saturated heterocycles. The minimum absolute atomic E-state index is 0.0209. The third-order valence-corrected chi connectivity index (χ3v) is 12.3. The quantitative estimate of drug-likeness (QED) is 0.534. The molecule has 0 aromatic heterocycles. The van der Waals surface area contributed by atoms with Crippen LogP contribution in [0.5, 0.6) is 0 Å². The molecule has 31 heavy (non-hydrogen) atoms. The summed E-state index contributed by atoms with van der Waals surface area (Å²) < 4.78 is 39.8. The number of halogens is 3. The first kappa shape index (κ1) is 22.5. The van der Waals surface area contributed by atoms with Gasteiger partial charge in [-0.2, -0.15) is 13.2 Å². The predicted octanol–water partition coefficient (Wildman–Crippen LogP) is 6.20. The zero-order valence-corrected chi connectivity index (χ0v) is 19.8. The summed E-state index contributed by atoms with van der Waals surface area (Å²) in [7, 11) is 0. The van der Waals surface area contributed by atoms with Crippen LogP contribution in [0.2, 0.25) is 0 Å². The number of rotatable bonds is 2. The van der Waals surface area contributed by atoms with Crippen LogP contribution in [0.3, 0.4) is 0 Å². The van der Waals surface area contributed by atoms with Crippen LogP contribution in [-0.4, -0.2) is 28.1 Å². The summed E-state index contributed by atoms with van der Waals surface area (Å²) in [5.41, 5.74) is -0.295. The molecule has 0 spiro atoms. The molecule has 2 N–H and O–H groups in total. The highest BCUT2D eigenvalue weighted by molar-refractivity contribution is 5.27. The topological polar surface area (TPSA) is 40.5 Å². The number of fused-ring (bicyclic) bond motifs is 7. The second-order valence-electron chi connectivity index (χ2n) is 13.3. The number of alkyl halides is 3. The fraction of sp³-hybridized carbons (Fsp3) is 1.00. The number of hydrogen-bond donors (Lipinski definition) is 2. The summed E-state index contributed by atoms with van der Waals surface area (Å²) in [6, 6.07) is 0. The largest absolute Gasteiger partial charge is 0.414 e. The molecule has 0 aromatic carbocycles. The van der Waals surface area contributed by atoms with E-state index in [0.29, 0.717) is 29.6 Å². The maximum Gasteiger partial charge on any atom is 0.414 e. The molecular formula is C26H41F3O2. The minimum atomic E-state index is -4.54. The Kier molecular flexibility index (Phi) is 4.67. The molecule has 2 nitrogen and oxygen atoms in total. The molecule has 0 heterocycles. The first-order valence-corrected chi connectivity index (χ1v) is 12.7. The average molecular weight is 443 g/mol. The molecule has 5 heteroatoms. The molecular weight excluding hydrogens is 401 g/mol. The third-order valence-electron chi connectivity index (χ3n) is 12.3. The molecule has 0 radical (unpaired) electrons. The van der Waals surface area contributed by atoms with E-state index in [1.165, 1.54) is 0 Å². The van der Waals surface area contributed by atoms with Crippen LogP contribution in [-0.2, 0) is 0 Å². The standard InChI is InChI=1S/C26H41F3O2/c1-14(21(30)26(27,28)29)16-8-9-17-15-6-7-19-20-22(2,3)25(20,31)13-12-24(19,5)18(15)10-11-23(16,17)4/h14-21,30-31H,6-13H2,1-5H3/t14-,15-,16+,17-,18-,19+,20?,21-,23+,24+,25+/m0/s1. The summed E-state index contributed by atoms with van der Waals surface area (Å²) in [5, 5.41) is 21.2. The highest BCUT2D eigenvalue weighted by Gasteiger charge is 2.78. The lowest BCUT2D eigenvalue weighted by molar-refractivity contribution is -0.228. The lowest BCUT2D eigenvalue weighted by Crippen LogP contribution is -2.55. The van der Waals surface area contributed by atoms with Crippen molar-refractivity contribution >= 4 is 0 Å². The summed E-state index contributed by atoms with van der Waals surface area (Å²) in [4.78, 5) is 0. The van der Waals surface area contributed by atoms with Gasteiger partial charge in [-0.05, 0) is 109 Å². The van der Waals surface area contributed by atoms with Crippen molar-refractivity contribution in [3.8, 4) is 0 Å². The van der Waals surface area contributed by atoms with Crippen LogP contribution in [0.25, 0.3) is 0 Å². The summed E-state index contributed by atoms with van der Waals surface area (Å²) >= 11 is 0. The van der Waals surface area contributed by atoms with Gasteiger partial charge in [0.05, 0.1) is 5.60 Å². The Hall–Kier alpha value is -0.290. The molecule has 178 valence electrons. The van der Waals surface area contributed by atoms with E-state index in [4.69, 9.17) is 0 Å². The lowest BCUT2D eigenvalue weighted by Gasteiger charge is -2.61. The molecule has 5 aliphatic carbocycles. The molecule has 0 aromatic rings. The molecule has 5 aliphatic rings.